The smallest absolute Gasteiger partial charge is 0.234 e. The first-order valence-corrected chi connectivity index (χ1v) is 5.22. The second-order valence-electron chi connectivity index (χ2n) is 3.81. The maximum atomic E-state index is 11.3. The molecule has 15 heavy (non-hydrogen) atoms. The molecule has 82 valence electrons. The first-order valence-electron chi connectivity index (χ1n) is 5.22. The largest absolute Gasteiger partial charge is 0.353 e. The zero-order valence-corrected chi connectivity index (χ0v) is 9.29. The summed E-state index contributed by atoms with van der Waals surface area (Å²) in [6.45, 7) is 5.00. The van der Waals surface area contributed by atoms with Crippen molar-refractivity contribution in [2.75, 3.05) is 6.54 Å². The Labute approximate surface area is 90.9 Å². The van der Waals surface area contributed by atoms with Crippen molar-refractivity contribution in [2.24, 2.45) is 0 Å². The maximum absolute atomic E-state index is 11.3. The van der Waals surface area contributed by atoms with Crippen LogP contribution in [0.25, 0.3) is 0 Å². The molecule has 0 spiro atoms. The number of rotatable bonds is 5. The third kappa shape index (κ3) is 5.18. The molecule has 1 amide bonds. The van der Waals surface area contributed by atoms with Crippen molar-refractivity contribution in [1.82, 2.24) is 10.6 Å². The van der Waals surface area contributed by atoms with Crippen molar-refractivity contribution >= 4 is 5.91 Å². The zero-order valence-electron chi connectivity index (χ0n) is 9.29. The summed E-state index contributed by atoms with van der Waals surface area (Å²) in [5.41, 5.74) is 1.19. The molecule has 3 heteroatoms. The van der Waals surface area contributed by atoms with E-state index in [9.17, 15) is 4.79 Å². The Morgan fingerprint density at radius 2 is 1.93 bits per heavy atom. The molecule has 0 atom stereocenters. The molecule has 3 nitrogen and oxygen atoms in total. The summed E-state index contributed by atoms with van der Waals surface area (Å²) < 4.78 is 0. The van der Waals surface area contributed by atoms with Gasteiger partial charge in [0, 0.05) is 12.6 Å². The molecule has 2 N–H and O–H groups in total. The Kier molecular flexibility index (Phi) is 4.84. The minimum absolute atomic E-state index is 0.0425. The highest BCUT2D eigenvalue weighted by Crippen LogP contribution is 1.96. The average Bonchev–Trinajstić information content (AvgIpc) is 2.18. The minimum Gasteiger partial charge on any atom is -0.353 e. The molecule has 0 saturated carbocycles. The quantitative estimate of drug-likeness (QED) is 0.762. The van der Waals surface area contributed by atoms with Crippen LogP contribution in [0.5, 0.6) is 0 Å². The van der Waals surface area contributed by atoms with Gasteiger partial charge in [-0.15, -0.1) is 0 Å². The Morgan fingerprint density at radius 1 is 1.27 bits per heavy atom. The van der Waals surface area contributed by atoms with E-state index in [2.05, 4.69) is 10.6 Å². The van der Waals surface area contributed by atoms with Crippen molar-refractivity contribution in [1.29, 1.82) is 0 Å². The lowest BCUT2D eigenvalue weighted by Gasteiger charge is -2.09. The second-order valence-corrected chi connectivity index (χ2v) is 3.81. The SMILES string of the molecule is CC(C)NC(=O)CNCc1ccccc1. The molecule has 1 rings (SSSR count). The van der Waals surface area contributed by atoms with Gasteiger partial charge in [0.25, 0.3) is 0 Å². The Bertz CT molecular complexity index is 296. The predicted octanol–water partition coefficient (Wildman–Crippen LogP) is 1.30. The third-order valence-corrected chi connectivity index (χ3v) is 1.91. The molecule has 0 radical (unpaired) electrons. The Balaban J connectivity index is 2.19. The van der Waals surface area contributed by atoms with Crippen molar-refractivity contribution in [3.8, 4) is 0 Å². The molecule has 0 aliphatic carbocycles. The van der Waals surface area contributed by atoms with Crippen molar-refractivity contribution in [3.63, 3.8) is 0 Å². The summed E-state index contributed by atoms with van der Waals surface area (Å²) in [7, 11) is 0. The van der Waals surface area contributed by atoms with Crippen LogP contribution < -0.4 is 10.6 Å². The van der Waals surface area contributed by atoms with Crippen LogP contribution in [-0.2, 0) is 11.3 Å². The number of benzene rings is 1. The van der Waals surface area contributed by atoms with Crippen LogP contribution in [0.3, 0.4) is 0 Å². The van der Waals surface area contributed by atoms with Gasteiger partial charge in [0.2, 0.25) is 5.91 Å². The molecular formula is C12H18N2O. The van der Waals surface area contributed by atoms with E-state index in [0.29, 0.717) is 6.54 Å². The summed E-state index contributed by atoms with van der Waals surface area (Å²) >= 11 is 0. The van der Waals surface area contributed by atoms with E-state index < -0.39 is 0 Å². The number of nitrogens with one attached hydrogen (secondary N) is 2. The number of hydrogen-bond acceptors (Lipinski definition) is 2. The van der Waals surface area contributed by atoms with Gasteiger partial charge in [0.1, 0.15) is 0 Å². The maximum Gasteiger partial charge on any atom is 0.234 e. The van der Waals surface area contributed by atoms with Gasteiger partial charge in [0.05, 0.1) is 6.54 Å². The summed E-state index contributed by atoms with van der Waals surface area (Å²) in [5, 5.41) is 5.92. The van der Waals surface area contributed by atoms with Crippen molar-refractivity contribution in [2.45, 2.75) is 26.4 Å². The highest BCUT2D eigenvalue weighted by atomic mass is 16.1. The first kappa shape index (κ1) is 11.7. The van der Waals surface area contributed by atoms with Crippen LogP contribution in [0.15, 0.2) is 30.3 Å². The molecule has 1 aromatic rings. The molecule has 0 unspecified atom stereocenters. The van der Waals surface area contributed by atoms with E-state index in [1.165, 1.54) is 5.56 Å². The number of carbonyl (C=O) groups excluding carboxylic acids is 1. The summed E-state index contributed by atoms with van der Waals surface area (Å²) in [5.74, 6) is 0.0425. The third-order valence-electron chi connectivity index (χ3n) is 1.91. The standard InChI is InChI=1S/C12H18N2O/c1-10(2)14-12(15)9-13-8-11-6-4-3-5-7-11/h3-7,10,13H,8-9H2,1-2H3,(H,14,15). The van der Waals surface area contributed by atoms with E-state index in [1.807, 2.05) is 44.2 Å². The molecular weight excluding hydrogens is 188 g/mol. The molecule has 0 saturated heterocycles. The van der Waals surface area contributed by atoms with Gasteiger partial charge < -0.3 is 10.6 Å². The fourth-order valence-corrected chi connectivity index (χ4v) is 1.29. The highest BCUT2D eigenvalue weighted by molar-refractivity contribution is 5.78. The molecule has 0 fully saturated rings. The van der Waals surface area contributed by atoms with Gasteiger partial charge in [-0.25, -0.2) is 0 Å². The topological polar surface area (TPSA) is 41.1 Å². The monoisotopic (exact) mass is 206 g/mol. The lowest BCUT2D eigenvalue weighted by atomic mass is 10.2. The zero-order chi connectivity index (χ0) is 11.1. The average molecular weight is 206 g/mol. The second kappa shape index (κ2) is 6.19. The minimum atomic E-state index is 0.0425. The number of carbonyl (C=O) groups is 1. The van der Waals surface area contributed by atoms with E-state index in [1.54, 1.807) is 0 Å². The van der Waals surface area contributed by atoms with Gasteiger partial charge in [-0.3, -0.25) is 4.79 Å². The van der Waals surface area contributed by atoms with Gasteiger partial charge in [0.15, 0.2) is 0 Å². The van der Waals surface area contributed by atoms with Gasteiger partial charge >= 0.3 is 0 Å². The molecule has 0 aliphatic rings. The molecule has 0 bridgehead atoms. The first-order chi connectivity index (χ1) is 7.18. The summed E-state index contributed by atoms with van der Waals surface area (Å²) in [6, 6.07) is 10.2. The van der Waals surface area contributed by atoms with Crippen LogP contribution in [0, 0.1) is 0 Å². The van der Waals surface area contributed by atoms with Gasteiger partial charge in [-0.1, -0.05) is 30.3 Å². The van der Waals surface area contributed by atoms with Crippen molar-refractivity contribution < 1.29 is 4.79 Å². The van der Waals surface area contributed by atoms with E-state index in [0.717, 1.165) is 6.54 Å². The summed E-state index contributed by atoms with van der Waals surface area (Å²) in [4.78, 5) is 11.3. The van der Waals surface area contributed by atoms with Crippen molar-refractivity contribution in [3.05, 3.63) is 35.9 Å². The lowest BCUT2D eigenvalue weighted by Crippen LogP contribution is -2.37. The Hall–Kier alpha value is -1.35. The van der Waals surface area contributed by atoms with Crippen LogP contribution in [0.1, 0.15) is 19.4 Å². The fourth-order valence-electron chi connectivity index (χ4n) is 1.29. The molecule has 0 heterocycles. The van der Waals surface area contributed by atoms with Crippen LogP contribution in [0.4, 0.5) is 0 Å². The van der Waals surface area contributed by atoms with Crippen LogP contribution in [-0.4, -0.2) is 18.5 Å². The molecule has 0 aliphatic heterocycles. The highest BCUT2D eigenvalue weighted by Gasteiger charge is 2.01. The van der Waals surface area contributed by atoms with E-state index >= 15 is 0 Å². The van der Waals surface area contributed by atoms with E-state index in [4.69, 9.17) is 0 Å². The van der Waals surface area contributed by atoms with Crippen LogP contribution in [0.2, 0.25) is 0 Å². The molecule has 0 aromatic heterocycles. The fraction of sp³-hybridized carbons (Fsp3) is 0.417. The van der Waals surface area contributed by atoms with Crippen LogP contribution >= 0.6 is 0 Å². The Morgan fingerprint density at radius 3 is 2.53 bits per heavy atom. The van der Waals surface area contributed by atoms with Gasteiger partial charge in [-0.2, -0.15) is 0 Å². The lowest BCUT2D eigenvalue weighted by molar-refractivity contribution is -0.120. The van der Waals surface area contributed by atoms with E-state index in [-0.39, 0.29) is 11.9 Å². The normalized spacial score (nSPS) is 10.3. The van der Waals surface area contributed by atoms with Gasteiger partial charge in [-0.05, 0) is 19.4 Å². The summed E-state index contributed by atoms with van der Waals surface area (Å²) in [6.07, 6.45) is 0. The number of amides is 1. The predicted molar refractivity (Wildman–Crippen MR) is 61.4 cm³/mol. The molecule has 1 aromatic carbocycles. The number of hydrogen-bond donors (Lipinski definition) is 2.